The third kappa shape index (κ3) is 3.02. The zero-order chi connectivity index (χ0) is 14.9. The van der Waals surface area contributed by atoms with Crippen molar-refractivity contribution >= 4 is 17.4 Å². The molecule has 0 saturated heterocycles. The van der Waals surface area contributed by atoms with Gasteiger partial charge in [0.2, 0.25) is 0 Å². The fraction of sp³-hybridized carbons (Fsp3) is 0.154. The maximum absolute atomic E-state index is 12.6. The Bertz CT molecular complexity index is 631. The van der Waals surface area contributed by atoms with Gasteiger partial charge in [-0.3, -0.25) is 0 Å². The van der Waals surface area contributed by atoms with Crippen LogP contribution in [-0.4, -0.2) is 10.1 Å². The van der Waals surface area contributed by atoms with Gasteiger partial charge in [0.25, 0.3) is 0 Å². The summed E-state index contributed by atoms with van der Waals surface area (Å²) in [5.41, 5.74) is 4.98. The SMILES string of the molecule is Nc1ncc(Cl)cc1C(O)c1cccc(C(F)(F)F)c1. The second kappa shape index (κ2) is 5.30. The highest BCUT2D eigenvalue weighted by Crippen LogP contribution is 2.33. The summed E-state index contributed by atoms with van der Waals surface area (Å²) in [5, 5.41) is 10.4. The van der Waals surface area contributed by atoms with Crippen molar-refractivity contribution in [2.75, 3.05) is 5.73 Å². The number of benzene rings is 1. The van der Waals surface area contributed by atoms with Gasteiger partial charge < -0.3 is 10.8 Å². The maximum Gasteiger partial charge on any atom is 0.416 e. The lowest BCUT2D eigenvalue weighted by Crippen LogP contribution is -2.09. The zero-order valence-electron chi connectivity index (χ0n) is 10.0. The van der Waals surface area contributed by atoms with Crippen molar-refractivity contribution in [3.05, 3.63) is 58.2 Å². The van der Waals surface area contributed by atoms with E-state index in [2.05, 4.69) is 4.98 Å². The van der Waals surface area contributed by atoms with E-state index in [1.807, 2.05) is 0 Å². The first-order chi connectivity index (χ1) is 9.29. The van der Waals surface area contributed by atoms with Crippen molar-refractivity contribution in [2.45, 2.75) is 12.3 Å². The van der Waals surface area contributed by atoms with Gasteiger partial charge in [0.1, 0.15) is 11.9 Å². The number of nitrogen functional groups attached to an aromatic ring is 1. The molecule has 1 unspecified atom stereocenters. The summed E-state index contributed by atoms with van der Waals surface area (Å²) in [7, 11) is 0. The lowest BCUT2D eigenvalue weighted by molar-refractivity contribution is -0.137. The number of hydrogen-bond acceptors (Lipinski definition) is 3. The lowest BCUT2D eigenvalue weighted by Gasteiger charge is -2.15. The molecule has 1 aromatic carbocycles. The predicted molar refractivity (Wildman–Crippen MR) is 69.2 cm³/mol. The van der Waals surface area contributed by atoms with E-state index in [1.54, 1.807) is 0 Å². The fourth-order valence-electron chi connectivity index (χ4n) is 1.75. The molecular formula is C13H10ClF3N2O. The molecule has 3 nitrogen and oxygen atoms in total. The van der Waals surface area contributed by atoms with Gasteiger partial charge in [0, 0.05) is 11.8 Å². The Kier molecular flexibility index (Phi) is 3.87. The molecule has 2 rings (SSSR count). The summed E-state index contributed by atoms with van der Waals surface area (Å²) >= 11 is 5.74. The molecule has 0 saturated carbocycles. The molecule has 20 heavy (non-hydrogen) atoms. The largest absolute Gasteiger partial charge is 0.416 e. The summed E-state index contributed by atoms with van der Waals surface area (Å²) < 4.78 is 37.9. The van der Waals surface area contributed by atoms with Gasteiger partial charge >= 0.3 is 6.18 Å². The molecule has 1 heterocycles. The lowest BCUT2D eigenvalue weighted by atomic mass is 10.00. The minimum Gasteiger partial charge on any atom is -0.384 e. The van der Waals surface area contributed by atoms with Crippen molar-refractivity contribution in [3.63, 3.8) is 0 Å². The number of alkyl halides is 3. The molecule has 7 heteroatoms. The highest BCUT2D eigenvalue weighted by Gasteiger charge is 2.31. The second-order valence-corrected chi connectivity index (χ2v) is 4.59. The summed E-state index contributed by atoms with van der Waals surface area (Å²) in [6, 6.07) is 5.76. The van der Waals surface area contributed by atoms with Crippen LogP contribution in [0, 0.1) is 0 Å². The molecule has 1 atom stereocenters. The predicted octanol–water partition coefficient (Wildman–Crippen LogP) is 3.42. The summed E-state index contributed by atoms with van der Waals surface area (Å²) in [6.45, 7) is 0. The Morgan fingerprint density at radius 2 is 1.95 bits per heavy atom. The topological polar surface area (TPSA) is 59.1 Å². The molecule has 3 N–H and O–H groups in total. The van der Waals surface area contributed by atoms with Gasteiger partial charge in [-0.2, -0.15) is 13.2 Å². The van der Waals surface area contributed by atoms with Crippen LogP contribution < -0.4 is 5.73 Å². The van der Waals surface area contributed by atoms with Crippen LogP contribution in [0.5, 0.6) is 0 Å². The summed E-state index contributed by atoms with van der Waals surface area (Å²) in [4.78, 5) is 3.76. The fourth-order valence-corrected chi connectivity index (χ4v) is 1.92. The van der Waals surface area contributed by atoms with Crippen LogP contribution in [0.3, 0.4) is 0 Å². The van der Waals surface area contributed by atoms with Crippen LogP contribution in [-0.2, 0) is 6.18 Å². The highest BCUT2D eigenvalue weighted by atomic mass is 35.5. The van der Waals surface area contributed by atoms with E-state index in [9.17, 15) is 18.3 Å². The molecule has 0 spiro atoms. The van der Waals surface area contributed by atoms with Crippen molar-refractivity contribution in [1.82, 2.24) is 4.98 Å². The highest BCUT2D eigenvalue weighted by molar-refractivity contribution is 6.30. The van der Waals surface area contributed by atoms with Crippen LogP contribution in [0.4, 0.5) is 19.0 Å². The van der Waals surface area contributed by atoms with Gasteiger partial charge in [-0.05, 0) is 23.8 Å². The third-order valence-corrected chi connectivity index (χ3v) is 2.95. The van der Waals surface area contributed by atoms with Crippen molar-refractivity contribution in [3.8, 4) is 0 Å². The number of hydrogen-bond donors (Lipinski definition) is 2. The van der Waals surface area contributed by atoms with E-state index < -0.39 is 17.8 Å². The van der Waals surface area contributed by atoms with E-state index in [4.69, 9.17) is 17.3 Å². The van der Waals surface area contributed by atoms with Gasteiger partial charge in [0.05, 0.1) is 10.6 Å². The Morgan fingerprint density at radius 1 is 1.25 bits per heavy atom. The molecule has 0 bridgehead atoms. The van der Waals surface area contributed by atoms with Crippen LogP contribution in [0.2, 0.25) is 5.02 Å². The van der Waals surface area contributed by atoms with Crippen molar-refractivity contribution in [2.24, 2.45) is 0 Å². The van der Waals surface area contributed by atoms with E-state index in [-0.39, 0.29) is 22.0 Å². The average molecular weight is 303 g/mol. The first-order valence-corrected chi connectivity index (χ1v) is 5.93. The van der Waals surface area contributed by atoms with Crippen molar-refractivity contribution < 1.29 is 18.3 Å². The number of nitrogens with two attached hydrogens (primary N) is 1. The van der Waals surface area contributed by atoms with Crippen LogP contribution in [0.15, 0.2) is 36.5 Å². The van der Waals surface area contributed by atoms with E-state index in [0.717, 1.165) is 12.1 Å². The molecular weight excluding hydrogens is 293 g/mol. The first kappa shape index (κ1) is 14.6. The number of aliphatic hydroxyl groups excluding tert-OH is 1. The number of aromatic nitrogens is 1. The Balaban J connectivity index is 2.43. The van der Waals surface area contributed by atoms with E-state index in [1.165, 1.54) is 24.4 Å². The average Bonchev–Trinajstić information content (AvgIpc) is 2.40. The molecule has 0 aliphatic heterocycles. The Morgan fingerprint density at radius 3 is 2.60 bits per heavy atom. The molecule has 2 aromatic rings. The number of aliphatic hydroxyl groups is 1. The number of nitrogens with zero attached hydrogens (tertiary/aromatic N) is 1. The molecule has 0 fully saturated rings. The van der Waals surface area contributed by atoms with Crippen LogP contribution >= 0.6 is 11.6 Å². The van der Waals surface area contributed by atoms with Crippen LogP contribution in [0.25, 0.3) is 0 Å². The summed E-state index contributed by atoms with van der Waals surface area (Å²) in [5.74, 6) is 0.0133. The number of rotatable bonds is 2. The third-order valence-electron chi connectivity index (χ3n) is 2.74. The van der Waals surface area contributed by atoms with E-state index in [0.29, 0.717) is 0 Å². The monoisotopic (exact) mass is 302 g/mol. The zero-order valence-corrected chi connectivity index (χ0v) is 10.8. The van der Waals surface area contributed by atoms with Crippen molar-refractivity contribution in [1.29, 1.82) is 0 Å². The van der Waals surface area contributed by atoms with Gasteiger partial charge in [-0.15, -0.1) is 0 Å². The van der Waals surface area contributed by atoms with Gasteiger partial charge in [0.15, 0.2) is 0 Å². The smallest absolute Gasteiger partial charge is 0.384 e. The number of halogens is 4. The number of anilines is 1. The first-order valence-electron chi connectivity index (χ1n) is 5.55. The molecule has 0 aliphatic rings. The standard InChI is InChI=1S/C13H10ClF3N2O/c14-9-5-10(12(18)19-6-9)11(20)7-2-1-3-8(4-7)13(15,16)17/h1-6,11,20H,(H2,18,19). The molecule has 0 amide bonds. The minimum atomic E-state index is -4.48. The Labute approximate surface area is 117 Å². The summed E-state index contributed by atoms with van der Waals surface area (Å²) in [6.07, 6.45) is -4.52. The molecule has 0 aliphatic carbocycles. The Hall–Kier alpha value is -1.79. The van der Waals surface area contributed by atoms with Gasteiger partial charge in [-0.1, -0.05) is 23.7 Å². The normalized spacial score (nSPS) is 13.2. The van der Waals surface area contributed by atoms with Crippen LogP contribution in [0.1, 0.15) is 22.8 Å². The molecule has 0 radical (unpaired) electrons. The molecule has 1 aromatic heterocycles. The maximum atomic E-state index is 12.6. The van der Waals surface area contributed by atoms with Gasteiger partial charge in [-0.25, -0.2) is 4.98 Å². The van der Waals surface area contributed by atoms with E-state index >= 15 is 0 Å². The minimum absolute atomic E-state index is 0.0133. The molecule has 106 valence electrons. The second-order valence-electron chi connectivity index (χ2n) is 4.15. The number of pyridine rings is 1. The quantitative estimate of drug-likeness (QED) is 0.893.